The second-order valence-corrected chi connectivity index (χ2v) is 10.5. The fourth-order valence-electron chi connectivity index (χ4n) is 4.91. The van der Waals surface area contributed by atoms with Gasteiger partial charge in [-0.15, -0.1) is 11.3 Å². The molecule has 0 spiro atoms. The Morgan fingerprint density at radius 1 is 1.19 bits per heavy atom. The number of piperidine rings is 1. The number of hydrogen-bond acceptors (Lipinski definition) is 6. The van der Waals surface area contributed by atoms with Crippen LogP contribution in [0.25, 0.3) is 5.70 Å². The van der Waals surface area contributed by atoms with Crippen LogP contribution < -0.4 is 5.48 Å². The third-order valence-electron chi connectivity index (χ3n) is 6.99. The molecule has 2 aromatic heterocycles. The van der Waals surface area contributed by atoms with Crippen LogP contribution in [0.5, 0.6) is 0 Å². The Balaban J connectivity index is 1.19. The Labute approximate surface area is 216 Å². The predicted molar refractivity (Wildman–Crippen MR) is 133 cm³/mol. The van der Waals surface area contributed by atoms with Crippen molar-refractivity contribution in [2.24, 2.45) is 0 Å². The normalized spacial score (nSPS) is 18.7. The zero-order chi connectivity index (χ0) is 26.3. The van der Waals surface area contributed by atoms with Crippen LogP contribution in [0.1, 0.15) is 63.6 Å². The topological polar surface area (TPSA) is 72.3 Å². The molecule has 1 aromatic carbocycles. The minimum atomic E-state index is -4.53. The average Bonchev–Trinajstić information content (AvgIpc) is 3.59. The zero-order valence-corrected chi connectivity index (χ0v) is 21.6. The van der Waals surface area contributed by atoms with Gasteiger partial charge < -0.3 is 4.90 Å². The summed E-state index contributed by atoms with van der Waals surface area (Å²) in [6.45, 7) is 6.53. The number of hydroxylamine groups is 1. The Morgan fingerprint density at radius 3 is 2.54 bits per heavy atom. The highest BCUT2D eigenvalue weighted by Gasteiger charge is 2.35. The van der Waals surface area contributed by atoms with Crippen molar-refractivity contribution in [3.63, 3.8) is 0 Å². The molecule has 5 rings (SSSR count). The van der Waals surface area contributed by atoms with Crippen molar-refractivity contribution in [3.8, 4) is 0 Å². The monoisotopic (exact) mass is 531 g/mol. The van der Waals surface area contributed by atoms with Crippen molar-refractivity contribution in [2.45, 2.75) is 58.4 Å². The van der Waals surface area contributed by atoms with Crippen LogP contribution in [0.4, 0.5) is 13.2 Å². The number of carbonyl (C=O) groups is 1. The molecule has 1 fully saturated rings. The zero-order valence-electron chi connectivity index (χ0n) is 20.8. The summed E-state index contributed by atoms with van der Waals surface area (Å²) in [6, 6.07) is 7.15. The van der Waals surface area contributed by atoms with Crippen LogP contribution in [0, 0.1) is 20.8 Å². The Kier molecular flexibility index (Phi) is 6.84. The van der Waals surface area contributed by atoms with Crippen molar-refractivity contribution in [2.75, 3.05) is 13.1 Å². The summed E-state index contributed by atoms with van der Waals surface area (Å²) in [5.74, 6) is -0.00314. The molecule has 11 heteroatoms. The molecule has 1 amide bonds. The van der Waals surface area contributed by atoms with E-state index in [-0.39, 0.29) is 24.5 Å². The third kappa shape index (κ3) is 5.28. The van der Waals surface area contributed by atoms with E-state index in [1.807, 2.05) is 11.4 Å². The van der Waals surface area contributed by atoms with E-state index in [1.54, 1.807) is 16.2 Å². The molecular formula is C26H28F3N5O2S. The summed E-state index contributed by atoms with van der Waals surface area (Å²) in [4.78, 5) is 25.1. The van der Waals surface area contributed by atoms with Crippen LogP contribution >= 0.6 is 11.3 Å². The minimum Gasteiger partial charge on any atom is -0.341 e. The first-order valence-corrected chi connectivity index (χ1v) is 13.0. The molecule has 3 aromatic rings. The SMILES string of the molecule is Cc1cccc(C)c1[C@H]1C=C(c2csc(C3CCN(C(=O)Cn4nc(C(F)(F)F)cc4C)CC3)n2)NO1. The van der Waals surface area contributed by atoms with Crippen molar-refractivity contribution < 1.29 is 22.8 Å². The molecule has 2 aliphatic heterocycles. The number of carbonyl (C=O) groups excluding carboxylic acids is 1. The quantitative estimate of drug-likeness (QED) is 0.483. The fourth-order valence-corrected chi connectivity index (χ4v) is 5.91. The van der Waals surface area contributed by atoms with E-state index >= 15 is 0 Å². The Hall–Kier alpha value is -3.18. The van der Waals surface area contributed by atoms with Crippen molar-refractivity contribution in [1.29, 1.82) is 0 Å². The summed E-state index contributed by atoms with van der Waals surface area (Å²) in [6.07, 6.45) is -1.16. The summed E-state index contributed by atoms with van der Waals surface area (Å²) in [5.41, 5.74) is 7.54. The maximum atomic E-state index is 12.9. The third-order valence-corrected chi connectivity index (χ3v) is 8.00. The van der Waals surface area contributed by atoms with E-state index in [9.17, 15) is 18.0 Å². The first-order chi connectivity index (χ1) is 17.6. The molecule has 1 atom stereocenters. The molecule has 37 heavy (non-hydrogen) atoms. The lowest BCUT2D eigenvalue weighted by atomic mass is 9.97. The number of thiazole rings is 1. The largest absolute Gasteiger partial charge is 0.435 e. The molecule has 2 aliphatic rings. The molecule has 196 valence electrons. The summed E-state index contributed by atoms with van der Waals surface area (Å²) in [5, 5.41) is 6.59. The predicted octanol–water partition coefficient (Wildman–Crippen LogP) is 5.31. The van der Waals surface area contributed by atoms with E-state index in [2.05, 4.69) is 42.6 Å². The number of alkyl halides is 3. The molecule has 0 radical (unpaired) electrons. The lowest BCUT2D eigenvalue weighted by molar-refractivity contribution is -0.142. The lowest BCUT2D eigenvalue weighted by Crippen LogP contribution is -2.40. The summed E-state index contributed by atoms with van der Waals surface area (Å²) < 4.78 is 39.9. The van der Waals surface area contributed by atoms with Crippen molar-refractivity contribution in [3.05, 3.63) is 74.5 Å². The Bertz CT molecular complexity index is 1320. The molecule has 0 saturated carbocycles. The molecular weight excluding hydrogens is 503 g/mol. The number of hydrogen-bond donors (Lipinski definition) is 1. The second-order valence-electron chi connectivity index (χ2n) is 9.58. The van der Waals surface area contributed by atoms with Gasteiger partial charge in [-0.05, 0) is 62.4 Å². The van der Waals surface area contributed by atoms with Crippen LogP contribution in [0.15, 0.2) is 35.7 Å². The van der Waals surface area contributed by atoms with Crippen molar-refractivity contribution in [1.82, 2.24) is 25.1 Å². The molecule has 1 N–H and O–H groups in total. The fraction of sp³-hybridized carbons (Fsp3) is 0.423. The van der Waals surface area contributed by atoms with E-state index in [4.69, 9.17) is 9.82 Å². The van der Waals surface area contributed by atoms with Crippen LogP contribution in [0.2, 0.25) is 0 Å². The van der Waals surface area contributed by atoms with Crippen molar-refractivity contribution >= 4 is 22.9 Å². The van der Waals surface area contributed by atoms with E-state index < -0.39 is 11.9 Å². The first kappa shape index (κ1) is 25.5. The molecule has 7 nitrogen and oxygen atoms in total. The van der Waals surface area contributed by atoms with Gasteiger partial charge >= 0.3 is 6.18 Å². The minimum absolute atomic E-state index is 0.179. The summed E-state index contributed by atoms with van der Waals surface area (Å²) in [7, 11) is 0. The number of likely N-dealkylation sites (tertiary alicyclic amines) is 1. The maximum Gasteiger partial charge on any atom is 0.435 e. The highest BCUT2D eigenvalue weighted by Crippen LogP contribution is 2.35. The molecule has 0 bridgehead atoms. The first-order valence-electron chi connectivity index (χ1n) is 12.1. The number of aryl methyl sites for hydroxylation is 3. The van der Waals surface area contributed by atoms with Crippen LogP contribution in [0.3, 0.4) is 0 Å². The average molecular weight is 532 g/mol. The molecule has 0 aliphatic carbocycles. The van der Waals surface area contributed by atoms with Gasteiger partial charge in [0.2, 0.25) is 5.91 Å². The van der Waals surface area contributed by atoms with Gasteiger partial charge in [0.25, 0.3) is 0 Å². The standard InChI is InChI=1S/C26H28F3N5O2S/c1-15-5-4-6-16(2)24(15)21-12-19(32-36-21)20-14-37-25(30-20)18-7-9-33(10-8-18)23(35)13-34-17(3)11-22(31-34)26(27,28)29/h4-6,11-12,14,18,21,32H,7-10,13H2,1-3H3/t21-/m1/s1. The Morgan fingerprint density at radius 2 is 1.89 bits per heavy atom. The number of amides is 1. The van der Waals surface area contributed by atoms with Gasteiger partial charge in [0, 0.05) is 30.1 Å². The lowest BCUT2D eigenvalue weighted by Gasteiger charge is -2.31. The van der Waals surface area contributed by atoms with Gasteiger partial charge in [0.1, 0.15) is 12.6 Å². The van der Waals surface area contributed by atoms with Crippen LogP contribution in [-0.4, -0.2) is 38.7 Å². The van der Waals surface area contributed by atoms with Crippen LogP contribution in [-0.2, 0) is 22.4 Å². The van der Waals surface area contributed by atoms with Gasteiger partial charge in [-0.25, -0.2) is 4.98 Å². The van der Waals surface area contributed by atoms with Gasteiger partial charge in [0.05, 0.1) is 16.4 Å². The smallest absolute Gasteiger partial charge is 0.341 e. The number of benzene rings is 1. The van der Waals surface area contributed by atoms with Gasteiger partial charge in [-0.3, -0.25) is 19.8 Å². The van der Waals surface area contributed by atoms with E-state index in [1.165, 1.54) is 18.1 Å². The van der Waals surface area contributed by atoms with E-state index in [0.717, 1.165) is 45.6 Å². The number of rotatable bonds is 5. The number of halogens is 3. The highest BCUT2D eigenvalue weighted by atomic mass is 32.1. The maximum absolute atomic E-state index is 12.9. The number of nitrogens with one attached hydrogen (secondary N) is 1. The molecule has 1 saturated heterocycles. The number of aromatic nitrogens is 3. The molecule has 4 heterocycles. The highest BCUT2D eigenvalue weighted by molar-refractivity contribution is 7.09. The van der Waals surface area contributed by atoms with Gasteiger partial charge in [-0.2, -0.15) is 18.3 Å². The summed E-state index contributed by atoms with van der Waals surface area (Å²) >= 11 is 1.59. The second kappa shape index (κ2) is 9.94. The number of nitrogens with zero attached hydrogens (tertiary/aromatic N) is 4. The van der Waals surface area contributed by atoms with E-state index in [0.29, 0.717) is 18.8 Å². The van der Waals surface area contributed by atoms with Gasteiger partial charge in [0.15, 0.2) is 5.69 Å². The molecule has 0 unspecified atom stereocenters. The van der Waals surface area contributed by atoms with Gasteiger partial charge in [-0.1, -0.05) is 18.2 Å².